The van der Waals surface area contributed by atoms with E-state index in [1.807, 2.05) is 0 Å². The van der Waals surface area contributed by atoms with E-state index in [-0.39, 0.29) is 5.91 Å². The van der Waals surface area contributed by atoms with E-state index in [2.05, 4.69) is 15.4 Å². The lowest BCUT2D eigenvalue weighted by Gasteiger charge is -2.30. The van der Waals surface area contributed by atoms with Gasteiger partial charge in [-0.2, -0.15) is 0 Å². The Balaban J connectivity index is 1.75. The van der Waals surface area contributed by atoms with Crippen LogP contribution in [0.3, 0.4) is 0 Å². The molecule has 1 fully saturated rings. The first kappa shape index (κ1) is 13.0. The van der Waals surface area contributed by atoms with Crippen molar-refractivity contribution in [1.29, 1.82) is 0 Å². The Kier molecular flexibility index (Phi) is 4.33. The molecule has 6 heteroatoms. The fraction of sp³-hybridized carbons (Fsp3) is 0.667. The van der Waals surface area contributed by atoms with Gasteiger partial charge in [0.25, 0.3) is 0 Å². The molecule has 2 rings (SSSR count). The molecule has 1 amide bonds. The average molecular weight is 252 g/mol. The van der Waals surface area contributed by atoms with Crippen LogP contribution in [0.1, 0.15) is 18.6 Å². The summed E-state index contributed by atoms with van der Waals surface area (Å²) < 4.78 is 4.89. The number of hydrogen-bond donors (Lipinski definition) is 2. The third-order valence-electron chi connectivity index (χ3n) is 3.30. The largest absolute Gasteiger partial charge is 0.360 e. The van der Waals surface area contributed by atoms with Crippen LogP contribution in [0, 0.1) is 12.8 Å². The first-order valence-electron chi connectivity index (χ1n) is 6.33. The molecule has 18 heavy (non-hydrogen) atoms. The van der Waals surface area contributed by atoms with E-state index in [1.165, 1.54) is 0 Å². The van der Waals surface area contributed by atoms with Crippen molar-refractivity contribution in [3.8, 4) is 0 Å². The van der Waals surface area contributed by atoms with Crippen LogP contribution >= 0.6 is 0 Å². The van der Waals surface area contributed by atoms with Crippen molar-refractivity contribution in [3.63, 3.8) is 0 Å². The molecule has 0 unspecified atom stereocenters. The number of aromatic nitrogens is 1. The number of hydrogen-bond acceptors (Lipinski definition) is 5. The Hall–Kier alpha value is -1.40. The van der Waals surface area contributed by atoms with Crippen molar-refractivity contribution in [2.45, 2.75) is 19.8 Å². The second-order valence-corrected chi connectivity index (χ2v) is 4.83. The van der Waals surface area contributed by atoms with Crippen LogP contribution in [0.2, 0.25) is 0 Å². The maximum Gasteiger partial charge on any atom is 0.239 e. The highest BCUT2D eigenvalue weighted by molar-refractivity contribution is 5.91. The molecular formula is C12H20N4O2. The Morgan fingerprint density at radius 2 is 2.33 bits per heavy atom. The summed E-state index contributed by atoms with van der Waals surface area (Å²) in [7, 11) is 0. The maximum atomic E-state index is 11.8. The minimum Gasteiger partial charge on any atom is -0.360 e. The molecule has 0 aromatic carbocycles. The molecule has 6 nitrogen and oxygen atoms in total. The molecule has 2 heterocycles. The third kappa shape index (κ3) is 3.54. The van der Waals surface area contributed by atoms with Gasteiger partial charge in [-0.15, -0.1) is 0 Å². The molecule has 0 saturated carbocycles. The van der Waals surface area contributed by atoms with Gasteiger partial charge in [-0.3, -0.25) is 9.69 Å². The van der Waals surface area contributed by atoms with Crippen LogP contribution in [0.25, 0.3) is 0 Å². The van der Waals surface area contributed by atoms with E-state index in [4.69, 9.17) is 10.3 Å². The normalized spacial score (nSPS) is 17.9. The summed E-state index contributed by atoms with van der Waals surface area (Å²) in [6, 6.07) is 1.71. The summed E-state index contributed by atoms with van der Waals surface area (Å²) in [6.45, 7) is 4.82. The number of nitrogens with zero attached hydrogens (tertiary/aromatic N) is 2. The lowest BCUT2D eigenvalue weighted by molar-refractivity contribution is -0.117. The van der Waals surface area contributed by atoms with Gasteiger partial charge in [-0.25, -0.2) is 0 Å². The number of amides is 1. The van der Waals surface area contributed by atoms with Crippen LogP contribution in [0.4, 0.5) is 5.82 Å². The highest BCUT2D eigenvalue weighted by Gasteiger charge is 2.20. The average Bonchev–Trinajstić information content (AvgIpc) is 2.75. The summed E-state index contributed by atoms with van der Waals surface area (Å²) in [4.78, 5) is 13.9. The second-order valence-electron chi connectivity index (χ2n) is 4.83. The molecule has 1 aliphatic rings. The molecule has 0 aliphatic carbocycles. The van der Waals surface area contributed by atoms with Crippen molar-refractivity contribution < 1.29 is 9.32 Å². The SMILES string of the molecule is Cc1cc(NC(=O)CN2CCC(CN)CC2)no1. The van der Waals surface area contributed by atoms with E-state index in [1.54, 1.807) is 13.0 Å². The van der Waals surface area contributed by atoms with Crippen LogP contribution in [-0.2, 0) is 4.79 Å². The Morgan fingerprint density at radius 3 is 2.89 bits per heavy atom. The van der Waals surface area contributed by atoms with Gasteiger partial charge >= 0.3 is 0 Å². The second kappa shape index (κ2) is 5.97. The fourth-order valence-corrected chi connectivity index (χ4v) is 2.19. The smallest absolute Gasteiger partial charge is 0.239 e. The fourth-order valence-electron chi connectivity index (χ4n) is 2.19. The van der Waals surface area contributed by atoms with Gasteiger partial charge in [0.05, 0.1) is 6.54 Å². The standard InChI is InChI=1S/C12H20N4O2/c1-9-6-11(15-18-9)14-12(17)8-16-4-2-10(7-13)3-5-16/h6,10H,2-5,7-8,13H2,1H3,(H,14,15,17). The van der Waals surface area contributed by atoms with Gasteiger partial charge in [0.1, 0.15) is 5.76 Å². The first-order chi connectivity index (χ1) is 8.67. The number of aryl methyl sites for hydroxylation is 1. The number of carbonyl (C=O) groups is 1. The van der Waals surface area contributed by atoms with Crippen molar-refractivity contribution in [1.82, 2.24) is 10.1 Å². The van der Waals surface area contributed by atoms with Crippen LogP contribution < -0.4 is 11.1 Å². The summed E-state index contributed by atoms with van der Waals surface area (Å²) >= 11 is 0. The van der Waals surface area contributed by atoms with E-state index in [0.29, 0.717) is 24.0 Å². The number of carbonyl (C=O) groups excluding carboxylic acids is 1. The maximum absolute atomic E-state index is 11.8. The van der Waals surface area contributed by atoms with Crippen LogP contribution in [0.15, 0.2) is 10.6 Å². The lowest BCUT2D eigenvalue weighted by Crippen LogP contribution is -2.40. The summed E-state index contributed by atoms with van der Waals surface area (Å²) in [5.74, 6) is 1.74. The summed E-state index contributed by atoms with van der Waals surface area (Å²) in [5, 5.41) is 6.46. The number of likely N-dealkylation sites (tertiary alicyclic amines) is 1. The molecule has 100 valence electrons. The predicted octanol–water partition coefficient (Wildman–Crippen LogP) is 0.592. The molecule has 1 aromatic rings. The molecule has 1 aliphatic heterocycles. The molecule has 1 aromatic heterocycles. The predicted molar refractivity (Wildman–Crippen MR) is 68.1 cm³/mol. The van der Waals surface area contributed by atoms with Crippen LogP contribution in [0.5, 0.6) is 0 Å². The zero-order chi connectivity index (χ0) is 13.0. The highest BCUT2D eigenvalue weighted by atomic mass is 16.5. The third-order valence-corrected chi connectivity index (χ3v) is 3.30. The van der Waals surface area contributed by atoms with Crippen molar-refractivity contribution in [3.05, 3.63) is 11.8 Å². The van der Waals surface area contributed by atoms with E-state index < -0.39 is 0 Å². The van der Waals surface area contributed by atoms with Gasteiger partial charge in [0.2, 0.25) is 5.91 Å². The van der Waals surface area contributed by atoms with Gasteiger partial charge in [-0.1, -0.05) is 5.16 Å². The molecule has 0 radical (unpaired) electrons. The number of nitrogens with two attached hydrogens (primary N) is 1. The van der Waals surface area contributed by atoms with E-state index in [0.717, 1.165) is 32.5 Å². The summed E-state index contributed by atoms with van der Waals surface area (Å²) in [5.41, 5.74) is 5.64. The summed E-state index contributed by atoms with van der Waals surface area (Å²) in [6.07, 6.45) is 2.15. The first-order valence-corrected chi connectivity index (χ1v) is 6.33. The molecular weight excluding hydrogens is 232 g/mol. The Morgan fingerprint density at radius 1 is 1.61 bits per heavy atom. The molecule has 0 atom stereocenters. The van der Waals surface area contributed by atoms with E-state index >= 15 is 0 Å². The number of rotatable bonds is 4. The van der Waals surface area contributed by atoms with Crippen molar-refractivity contribution >= 4 is 11.7 Å². The topological polar surface area (TPSA) is 84.4 Å². The van der Waals surface area contributed by atoms with Crippen molar-refractivity contribution in [2.24, 2.45) is 11.7 Å². The van der Waals surface area contributed by atoms with Gasteiger partial charge in [0, 0.05) is 6.07 Å². The zero-order valence-corrected chi connectivity index (χ0v) is 10.7. The van der Waals surface area contributed by atoms with Crippen LogP contribution in [-0.4, -0.2) is 42.1 Å². The minimum absolute atomic E-state index is 0.0468. The number of anilines is 1. The van der Waals surface area contributed by atoms with Gasteiger partial charge < -0.3 is 15.6 Å². The zero-order valence-electron chi connectivity index (χ0n) is 10.7. The minimum atomic E-state index is -0.0468. The van der Waals surface area contributed by atoms with Crippen molar-refractivity contribution in [2.75, 3.05) is 31.5 Å². The van der Waals surface area contributed by atoms with Gasteiger partial charge in [0.15, 0.2) is 5.82 Å². The highest BCUT2D eigenvalue weighted by Crippen LogP contribution is 2.15. The van der Waals surface area contributed by atoms with E-state index in [9.17, 15) is 4.79 Å². The Labute approximate surface area is 106 Å². The van der Waals surface area contributed by atoms with Gasteiger partial charge in [-0.05, 0) is 45.3 Å². The number of piperidine rings is 1. The molecule has 0 bridgehead atoms. The Bertz CT molecular complexity index is 397. The molecule has 3 N–H and O–H groups in total. The molecule has 0 spiro atoms. The monoisotopic (exact) mass is 252 g/mol. The molecule has 1 saturated heterocycles. The number of nitrogens with one attached hydrogen (secondary N) is 1. The lowest BCUT2D eigenvalue weighted by atomic mass is 9.97. The quantitative estimate of drug-likeness (QED) is 0.819.